The Bertz CT molecular complexity index is 1200. The van der Waals surface area contributed by atoms with Crippen LogP contribution in [0.1, 0.15) is 28.1 Å². The quantitative estimate of drug-likeness (QED) is 0.536. The molecule has 0 radical (unpaired) electrons. The van der Waals surface area contributed by atoms with Crippen LogP contribution in [0.2, 0.25) is 0 Å². The Morgan fingerprint density at radius 1 is 1.07 bits per heavy atom. The van der Waals surface area contributed by atoms with E-state index in [0.29, 0.717) is 29.3 Å². The molecule has 146 valence electrons. The first-order valence-electron chi connectivity index (χ1n) is 9.31. The number of aromatic nitrogens is 3. The van der Waals surface area contributed by atoms with Gasteiger partial charge in [-0.3, -0.25) is 9.59 Å². The lowest BCUT2D eigenvalue weighted by atomic mass is 10.1. The Morgan fingerprint density at radius 2 is 1.83 bits per heavy atom. The maximum absolute atomic E-state index is 12.4. The second-order valence-electron chi connectivity index (χ2n) is 6.89. The topological polar surface area (TPSA) is 76.4 Å². The average Bonchev–Trinajstić information content (AvgIpc) is 3.10. The number of fused-ring (bicyclic) bond motifs is 1. The number of hydrogen-bond acceptors (Lipinski definition) is 5. The largest absolute Gasteiger partial charge is 0.352 e. The first-order valence-corrected chi connectivity index (χ1v) is 10.2. The highest BCUT2D eigenvalue weighted by atomic mass is 32.1. The van der Waals surface area contributed by atoms with Gasteiger partial charge in [-0.2, -0.15) is 10.1 Å². The van der Waals surface area contributed by atoms with E-state index < -0.39 is 0 Å². The van der Waals surface area contributed by atoms with Gasteiger partial charge in [0.15, 0.2) is 0 Å². The van der Waals surface area contributed by atoms with Crippen LogP contribution in [-0.2, 0) is 24.2 Å². The number of thiazole rings is 1. The summed E-state index contributed by atoms with van der Waals surface area (Å²) in [6.45, 7) is 2.50. The third-order valence-electron chi connectivity index (χ3n) is 4.58. The Hall–Kier alpha value is -3.32. The third-order valence-corrected chi connectivity index (χ3v) is 5.45. The van der Waals surface area contributed by atoms with Crippen molar-refractivity contribution >= 4 is 22.2 Å². The summed E-state index contributed by atoms with van der Waals surface area (Å²) in [6.07, 6.45) is 0.582. The van der Waals surface area contributed by atoms with Gasteiger partial charge in [0.1, 0.15) is 5.69 Å². The number of carbonyl (C=O) groups excluding carboxylic acids is 1. The van der Waals surface area contributed by atoms with E-state index >= 15 is 0 Å². The van der Waals surface area contributed by atoms with Gasteiger partial charge in [-0.15, -0.1) is 11.3 Å². The molecule has 0 unspecified atom stereocenters. The van der Waals surface area contributed by atoms with E-state index in [2.05, 4.69) is 15.4 Å². The lowest BCUT2D eigenvalue weighted by molar-refractivity contribution is -0.120. The molecule has 2 heterocycles. The first kappa shape index (κ1) is 19.0. The van der Waals surface area contributed by atoms with E-state index in [9.17, 15) is 9.59 Å². The zero-order valence-electron chi connectivity index (χ0n) is 16.0. The van der Waals surface area contributed by atoms with E-state index in [1.807, 2.05) is 66.9 Å². The van der Waals surface area contributed by atoms with E-state index in [1.54, 1.807) is 4.52 Å². The predicted octanol–water partition coefficient (Wildman–Crippen LogP) is 2.91. The maximum Gasteiger partial charge on any atom is 0.296 e. The molecule has 0 fully saturated rings. The molecule has 4 rings (SSSR count). The zero-order valence-corrected chi connectivity index (χ0v) is 16.8. The molecule has 1 amide bonds. The van der Waals surface area contributed by atoms with E-state index in [1.165, 1.54) is 16.9 Å². The number of rotatable bonds is 6. The highest BCUT2D eigenvalue weighted by molar-refractivity contribution is 7.15. The second-order valence-corrected chi connectivity index (χ2v) is 7.72. The van der Waals surface area contributed by atoms with Crippen molar-refractivity contribution < 1.29 is 4.79 Å². The standard InChI is InChI=1S/C22H20N4O2S/c1-15-7-9-17(10-8-15)13-23-20(27)12-18-14-29-22-24-21(28)19(25-26(18)22)11-16-5-3-2-4-6-16/h2-10,14H,11-13H2,1H3,(H,23,27). The predicted molar refractivity (Wildman–Crippen MR) is 113 cm³/mol. The normalized spacial score (nSPS) is 10.9. The Kier molecular flexibility index (Phi) is 5.48. The summed E-state index contributed by atoms with van der Waals surface area (Å²) < 4.78 is 1.61. The molecule has 0 aliphatic heterocycles. The molecule has 0 aliphatic carbocycles. The lowest BCUT2D eigenvalue weighted by Crippen LogP contribution is -2.26. The maximum atomic E-state index is 12.4. The molecule has 2 aromatic heterocycles. The first-order chi connectivity index (χ1) is 14.1. The third kappa shape index (κ3) is 4.57. The van der Waals surface area contributed by atoms with Gasteiger partial charge in [-0.25, -0.2) is 4.52 Å². The number of benzene rings is 2. The molecule has 29 heavy (non-hydrogen) atoms. The smallest absolute Gasteiger partial charge is 0.296 e. The van der Waals surface area contributed by atoms with Crippen molar-refractivity contribution in [3.05, 3.63) is 98.4 Å². The summed E-state index contributed by atoms with van der Waals surface area (Å²) in [6, 6.07) is 17.7. The average molecular weight is 404 g/mol. The van der Waals surface area contributed by atoms with Crippen LogP contribution in [-0.4, -0.2) is 20.5 Å². The van der Waals surface area contributed by atoms with Crippen LogP contribution in [0.15, 0.2) is 64.8 Å². The summed E-state index contributed by atoms with van der Waals surface area (Å²) >= 11 is 1.31. The van der Waals surface area contributed by atoms with Crippen LogP contribution >= 0.6 is 11.3 Å². The molecule has 0 aliphatic rings. The number of carbonyl (C=O) groups is 1. The van der Waals surface area contributed by atoms with Gasteiger partial charge in [0, 0.05) is 18.3 Å². The van der Waals surface area contributed by atoms with Crippen molar-refractivity contribution in [2.24, 2.45) is 0 Å². The molecule has 0 spiro atoms. The van der Waals surface area contributed by atoms with Crippen LogP contribution in [0.25, 0.3) is 4.96 Å². The molecule has 2 aromatic carbocycles. The molecule has 0 bridgehead atoms. The molecule has 6 nitrogen and oxygen atoms in total. The van der Waals surface area contributed by atoms with Gasteiger partial charge in [0.2, 0.25) is 10.9 Å². The second kappa shape index (κ2) is 8.36. The number of amides is 1. The molecule has 0 saturated carbocycles. The van der Waals surface area contributed by atoms with E-state index in [4.69, 9.17) is 0 Å². The highest BCUT2D eigenvalue weighted by Gasteiger charge is 2.13. The number of hydrogen-bond donors (Lipinski definition) is 1. The number of nitrogens with one attached hydrogen (secondary N) is 1. The van der Waals surface area contributed by atoms with Crippen LogP contribution in [0.4, 0.5) is 0 Å². The molecule has 0 saturated heterocycles. The fourth-order valence-corrected chi connectivity index (χ4v) is 3.81. The Balaban J connectivity index is 1.50. The molecule has 4 aromatic rings. The van der Waals surface area contributed by atoms with Gasteiger partial charge in [0.05, 0.1) is 12.1 Å². The van der Waals surface area contributed by atoms with Gasteiger partial charge in [0.25, 0.3) is 5.56 Å². The summed E-state index contributed by atoms with van der Waals surface area (Å²) in [7, 11) is 0. The Morgan fingerprint density at radius 3 is 2.59 bits per heavy atom. The molecule has 7 heteroatoms. The Labute approximate surface area is 171 Å². The minimum Gasteiger partial charge on any atom is -0.352 e. The summed E-state index contributed by atoms with van der Waals surface area (Å²) in [5.74, 6) is -0.101. The van der Waals surface area contributed by atoms with Crippen molar-refractivity contribution in [3.8, 4) is 0 Å². The summed E-state index contributed by atoms with van der Waals surface area (Å²) in [5.41, 5.74) is 3.98. The number of nitrogens with zero attached hydrogens (tertiary/aromatic N) is 3. The van der Waals surface area contributed by atoms with Gasteiger partial charge >= 0.3 is 0 Å². The van der Waals surface area contributed by atoms with Crippen LogP contribution in [0.5, 0.6) is 0 Å². The van der Waals surface area contributed by atoms with Crippen LogP contribution in [0.3, 0.4) is 0 Å². The van der Waals surface area contributed by atoms with Gasteiger partial charge < -0.3 is 5.32 Å². The highest BCUT2D eigenvalue weighted by Crippen LogP contribution is 2.14. The monoisotopic (exact) mass is 404 g/mol. The van der Waals surface area contributed by atoms with Crippen molar-refractivity contribution in [1.82, 2.24) is 19.9 Å². The fourth-order valence-electron chi connectivity index (χ4n) is 2.99. The van der Waals surface area contributed by atoms with Crippen molar-refractivity contribution in [2.75, 3.05) is 0 Å². The van der Waals surface area contributed by atoms with E-state index in [0.717, 1.165) is 11.1 Å². The number of aryl methyl sites for hydroxylation is 1. The summed E-state index contributed by atoms with van der Waals surface area (Å²) in [4.78, 5) is 29.3. The van der Waals surface area contributed by atoms with Crippen molar-refractivity contribution in [3.63, 3.8) is 0 Å². The minimum atomic E-state index is -0.328. The summed E-state index contributed by atoms with van der Waals surface area (Å²) in [5, 5.41) is 9.24. The molecular formula is C22H20N4O2S. The van der Waals surface area contributed by atoms with Crippen molar-refractivity contribution in [2.45, 2.75) is 26.3 Å². The van der Waals surface area contributed by atoms with Gasteiger partial charge in [-0.05, 0) is 18.1 Å². The fraction of sp³-hybridized carbons (Fsp3) is 0.182. The minimum absolute atomic E-state index is 0.101. The van der Waals surface area contributed by atoms with Gasteiger partial charge in [-0.1, -0.05) is 60.2 Å². The van der Waals surface area contributed by atoms with Crippen LogP contribution in [0, 0.1) is 6.92 Å². The van der Waals surface area contributed by atoms with E-state index in [-0.39, 0.29) is 17.9 Å². The van der Waals surface area contributed by atoms with Crippen molar-refractivity contribution in [1.29, 1.82) is 0 Å². The molecular weight excluding hydrogens is 384 g/mol. The van der Waals surface area contributed by atoms with Crippen LogP contribution < -0.4 is 10.9 Å². The SMILES string of the molecule is Cc1ccc(CNC(=O)Cc2csc3nc(=O)c(Cc4ccccc4)nn23)cc1. The lowest BCUT2D eigenvalue weighted by Gasteiger charge is -2.06. The molecule has 1 N–H and O–H groups in total. The zero-order chi connectivity index (χ0) is 20.2. The molecule has 0 atom stereocenters.